The molecule has 2 N–H and O–H groups in total. The molecule has 0 aliphatic rings. The van der Waals surface area contributed by atoms with Crippen LogP contribution in [0.5, 0.6) is 11.6 Å². The molecule has 0 aliphatic carbocycles. The third-order valence-electron chi connectivity index (χ3n) is 5.42. The van der Waals surface area contributed by atoms with E-state index in [2.05, 4.69) is 27.8 Å². The minimum Gasteiger partial charge on any atom is -0.437 e. The van der Waals surface area contributed by atoms with E-state index in [0.717, 1.165) is 22.3 Å². The summed E-state index contributed by atoms with van der Waals surface area (Å²) in [4.78, 5) is 17.0. The quantitative estimate of drug-likeness (QED) is 0.273. The first-order valence-corrected chi connectivity index (χ1v) is 11.3. The van der Waals surface area contributed by atoms with Crippen LogP contribution >= 0.6 is 0 Å². The molecular weight excluding hydrogens is 434 g/mol. The van der Waals surface area contributed by atoms with Crippen molar-refractivity contribution in [2.75, 3.05) is 10.6 Å². The van der Waals surface area contributed by atoms with E-state index < -0.39 is 0 Å². The van der Waals surface area contributed by atoms with Gasteiger partial charge in [-0.2, -0.15) is 0 Å². The standard InChI is InChI=1S/C30H23N3O2/c34-30(32-26-18-16-24(17-19-26)22-9-3-1-4-10-22)33-28-15-8-20-31-29(28)35-27-14-7-13-25(21-27)23-11-5-2-6-12-23/h1-21H,(H2,32,33,34). The van der Waals surface area contributed by atoms with E-state index >= 15 is 0 Å². The van der Waals surface area contributed by atoms with Crippen molar-refractivity contribution in [3.8, 4) is 33.9 Å². The molecule has 170 valence electrons. The van der Waals surface area contributed by atoms with Crippen molar-refractivity contribution in [3.05, 3.63) is 128 Å². The minimum atomic E-state index is -0.381. The van der Waals surface area contributed by atoms with E-state index in [-0.39, 0.29) is 6.03 Å². The maximum atomic E-state index is 12.7. The fraction of sp³-hybridized carbons (Fsp3) is 0. The van der Waals surface area contributed by atoms with Crippen LogP contribution in [-0.2, 0) is 0 Å². The normalized spacial score (nSPS) is 10.4. The molecule has 0 atom stereocenters. The number of benzene rings is 4. The first kappa shape index (κ1) is 21.9. The van der Waals surface area contributed by atoms with Crippen LogP contribution in [0.25, 0.3) is 22.3 Å². The lowest BCUT2D eigenvalue weighted by molar-refractivity contribution is 0.262. The van der Waals surface area contributed by atoms with Gasteiger partial charge in [-0.3, -0.25) is 0 Å². The van der Waals surface area contributed by atoms with Gasteiger partial charge in [0.2, 0.25) is 5.88 Å². The van der Waals surface area contributed by atoms with Gasteiger partial charge >= 0.3 is 6.03 Å². The lowest BCUT2D eigenvalue weighted by atomic mass is 10.1. The van der Waals surface area contributed by atoms with E-state index in [1.165, 1.54) is 0 Å². The lowest BCUT2D eigenvalue weighted by Gasteiger charge is -2.13. The molecule has 4 aromatic carbocycles. The number of rotatable bonds is 6. The van der Waals surface area contributed by atoms with Gasteiger partial charge in [-0.25, -0.2) is 9.78 Å². The summed E-state index contributed by atoms with van der Waals surface area (Å²) < 4.78 is 6.03. The zero-order valence-corrected chi connectivity index (χ0v) is 18.9. The second kappa shape index (κ2) is 10.4. The monoisotopic (exact) mass is 457 g/mol. The Balaban J connectivity index is 1.27. The van der Waals surface area contributed by atoms with Crippen molar-refractivity contribution in [1.82, 2.24) is 4.98 Å². The van der Waals surface area contributed by atoms with Crippen LogP contribution in [0.3, 0.4) is 0 Å². The lowest BCUT2D eigenvalue weighted by Crippen LogP contribution is -2.19. The van der Waals surface area contributed by atoms with Gasteiger partial charge in [0.25, 0.3) is 0 Å². The highest BCUT2D eigenvalue weighted by atomic mass is 16.5. The molecule has 5 rings (SSSR count). The number of nitrogens with one attached hydrogen (secondary N) is 2. The number of carbonyl (C=O) groups excluding carboxylic acids is 1. The number of anilines is 2. The molecule has 5 heteroatoms. The summed E-state index contributed by atoms with van der Waals surface area (Å²) in [5, 5.41) is 5.69. The number of carbonyl (C=O) groups is 1. The van der Waals surface area contributed by atoms with E-state index in [1.54, 1.807) is 18.3 Å². The molecule has 0 unspecified atom stereocenters. The van der Waals surface area contributed by atoms with Gasteiger partial charge in [0, 0.05) is 11.9 Å². The fourth-order valence-electron chi connectivity index (χ4n) is 3.71. The average Bonchev–Trinajstić information content (AvgIpc) is 2.91. The first-order chi connectivity index (χ1) is 17.2. The molecular formula is C30H23N3O2. The maximum Gasteiger partial charge on any atom is 0.323 e. The highest BCUT2D eigenvalue weighted by Gasteiger charge is 2.11. The van der Waals surface area contributed by atoms with Gasteiger partial charge in [-0.15, -0.1) is 0 Å². The SMILES string of the molecule is O=C(Nc1ccc(-c2ccccc2)cc1)Nc1cccnc1Oc1cccc(-c2ccccc2)c1. The molecule has 35 heavy (non-hydrogen) atoms. The van der Waals surface area contributed by atoms with E-state index in [9.17, 15) is 4.79 Å². The summed E-state index contributed by atoms with van der Waals surface area (Å²) in [7, 11) is 0. The Labute approximate surface area is 204 Å². The topological polar surface area (TPSA) is 63.2 Å². The molecule has 1 aromatic heterocycles. The molecule has 5 nitrogen and oxygen atoms in total. The molecule has 0 saturated heterocycles. The number of pyridine rings is 1. The fourth-order valence-corrected chi connectivity index (χ4v) is 3.71. The van der Waals surface area contributed by atoms with Gasteiger partial charge in [0.15, 0.2) is 0 Å². The Morgan fingerprint density at radius 3 is 1.94 bits per heavy atom. The number of hydrogen-bond donors (Lipinski definition) is 2. The Bertz CT molecular complexity index is 1420. The van der Waals surface area contributed by atoms with Crippen LogP contribution in [0.4, 0.5) is 16.2 Å². The van der Waals surface area contributed by atoms with Crippen molar-refractivity contribution in [2.45, 2.75) is 0 Å². The van der Waals surface area contributed by atoms with Crippen molar-refractivity contribution < 1.29 is 9.53 Å². The number of nitrogens with zero attached hydrogens (tertiary/aromatic N) is 1. The minimum absolute atomic E-state index is 0.312. The van der Waals surface area contributed by atoms with Crippen LogP contribution in [0.2, 0.25) is 0 Å². The summed E-state index contributed by atoms with van der Waals surface area (Å²) in [6, 6.07) is 38.7. The predicted octanol–water partition coefficient (Wildman–Crippen LogP) is 7.85. The predicted molar refractivity (Wildman–Crippen MR) is 141 cm³/mol. The van der Waals surface area contributed by atoms with Crippen LogP contribution in [0, 0.1) is 0 Å². The second-order valence-electron chi connectivity index (χ2n) is 7.87. The van der Waals surface area contributed by atoms with Crippen molar-refractivity contribution >= 4 is 17.4 Å². The molecule has 2 amide bonds. The number of hydrogen-bond acceptors (Lipinski definition) is 3. The number of aromatic nitrogens is 1. The van der Waals surface area contributed by atoms with Crippen LogP contribution in [-0.4, -0.2) is 11.0 Å². The summed E-state index contributed by atoms with van der Waals surface area (Å²) in [5.74, 6) is 0.942. The maximum absolute atomic E-state index is 12.7. The van der Waals surface area contributed by atoms with Crippen molar-refractivity contribution in [2.24, 2.45) is 0 Å². The highest BCUT2D eigenvalue weighted by Crippen LogP contribution is 2.30. The average molecular weight is 458 g/mol. The number of amides is 2. The van der Waals surface area contributed by atoms with Gasteiger partial charge in [0.05, 0.1) is 0 Å². The van der Waals surface area contributed by atoms with E-state index in [0.29, 0.717) is 23.0 Å². The van der Waals surface area contributed by atoms with E-state index in [4.69, 9.17) is 4.74 Å². The van der Waals surface area contributed by atoms with Gasteiger partial charge in [0.1, 0.15) is 11.4 Å². The van der Waals surface area contributed by atoms with Crippen LogP contribution < -0.4 is 15.4 Å². The Kier molecular flexibility index (Phi) is 6.49. The smallest absolute Gasteiger partial charge is 0.323 e. The zero-order valence-electron chi connectivity index (χ0n) is 18.9. The van der Waals surface area contributed by atoms with Crippen molar-refractivity contribution in [1.29, 1.82) is 0 Å². The molecule has 0 aliphatic heterocycles. The molecule has 0 spiro atoms. The molecule has 0 bridgehead atoms. The van der Waals surface area contributed by atoms with Crippen molar-refractivity contribution in [3.63, 3.8) is 0 Å². The highest BCUT2D eigenvalue weighted by molar-refractivity contribution is 6.00. The van der Waals surface area contributed by atoms with Gasteiger partial charge < -0.3 is 15.4 Å². The third-order valence-corrected chi connectivity index (χ3v) is 5.42. The third kappa shape index (κ3) is 5.54. The second-order valence-corrected chi connectivity index (χ2v) is 7.87. The molecule has 0 radical (unpaired) electrons. The zero-order chi connectivity index (χ0) is 23.9. The van der Waals surface area contributed by atoms with Gasteiger partial charge in [-0.05, 0) is 58.7 Å². The Morgan fingerprint density at radius 1 is 0.600 bits per heavy atom. The summed E-state index contributed by atoms with van der Waals surface area (Å²) in [6.45, 7) is 0. The largest absolute Gasteiger partial charge is 0.437 e. The summed E-state index contributed by atoms with van der Waals surface area (Å²) >= 11 is 0. The van der Waals surface area contributed by atoms with Crippen LogP contribution in [0.15, 0.2) is 128 Å². The molecule has 0 saturated carbocycles. The summed E-state index contributed by atoms with van der Waals surface area (Å²) in [5.41, 5.74) is 5.48. The number of ether oxygens (including phenoxy) is 1. The summed E-state index contributed by atoms with van der Waals surface area (Å²) in [6.07, 6.45) is 1.63. The van der Waals surface area contributed by atoms with E-state index in [1.807, 2.05) is 97.1 Å². The first-order valence-electron chi connectivity index (χ1n) is 11.3. The van der Waals surface area contributed by atoms with Crippen LogP contribution in [0.1, 0.15) is 0 Å². The number of urea groups is 1. The Hall–Kier alpha value is -4.90. The molecule has 0 fully saturated rings. The molecule has 5 aromatic rings. The Morgan fingerprint density at radius 2 is 1.23 bits per heavy atom. The molecule has 1 heterocycles. The van der Waals surface area contributed by atoms with Gasteiger partial charge in [-0.1, -0.05) is 84.9 Å².